The number of rotatable bonds is 1. The van der Waals surface area contributed by atoms with E-state index in [1.807, 2.05) is 26.8 Å². The predicted molar refractivity (Wildman–Crippen MR) is 91.2 cm³/mol. The van der Waals surface area contributed by atoms with Crippen LogP contribution in [0.1, 0.15) is 56.8 Å². The van der Waals surface area contributed by atoms with Crippen LogP contribution in [0, 0.1) is 0 Å². The van der Waals surface area contributed by atoms with Crippen molar-refractivity contribution in [3.8, 4) is 0 Å². The number of esters is 1. The fourth-order valence-corrected chi connectivity index (χ4v) is 3.77. The molecule has 2 aromatic rings. The molecular formula is C16H20BrNO2S. The van der Waals surface area contributed by atoms with E-state index in [0.717, 1.165) is 14.0 Å². The van der Waals surface area contributed by atoms with Gasteiger partial charge in [0.05, 0.1) is 10.2 Å². The van der Waals surface area contributed by atoms with Gasteiger partial charge in [-0.05, 0) is 48.2 Å². The number of carbonyl (C=O) groups excluding carboxylic acids is 1. The van der Waals surface area contributed by atoms with Gasteiger partial charge in [0.2, 0.25) is 0 Å². The van der Waals surface area contributed by atoms with Gasteiger partial charge in [-0.15, -0.1) is 11.3 Å². The Labute approximate surface area is 137 Å². The lowest BCUT2D eigenvalue weighted by molar-refractivity contribution is 0.00699. The van der Waals surface area contributed by atoms with Gasteiger partial charge < -0.3 is 4.74 Å². The third kappa shape index (κ3) is 3.46. The minimum absolute atomic E-state index is 0.142. The zero-order valence-corrected chi connectivity index (χ0v) is 15.6. The molecule has 3 nitrogen and oxygen atoms in total. The van der Waals surface area contributed by atoms with Gasteiger partial charge in [0.15, 0.2) is 0 Å². The van der Waals surface area contributed by atoms with Gasteiger partial charge >= 0.3 is 5.97 Å². The number of pyridine rings is 1. The van der Waals surface area contributed by atoms with Crippen molar-refractivity contribution in [3.63, 3.8) is 0 Å². The number of nitrogens with zero attached hydrogens (tertiary/aromatic N) is 1. The van der Waals surface area contributed by atoms with Gasteiger partial charge in [0.1, 0.15) is 11.2 Å². The molecule has 0 aromatic carbocycles. The maximum Gasteiger partial charge on any atom is 0.342 e. The average molecular weight is 370 g/mol. The van der Waals surface area contributed by atoms with Crippen LogP contribution < -0.4 is 0 Å². The summed E-state index contributed by atoms with van der Waals surface area (Å²) in [6.45, 7) is 11.9. The SMILES string of the molecule is CC(C)(C)OC(=O)c1c(C(C)(C)C)sc2c(Br)ccnc12. The predicted octanol–water partition coefficient (Wildman–Crippen LogP) is 5.31. The first kappa shape index (κ1) is 16.4. The first-order chi connectivity index (χ1) is 9.50. The zero-order chi connectivity index (χ0) is 16.0. The molecule has 0 atom stereocenters. The van der Waals surface area contributed by atoms with Gasteiger partial charge in [-0.3, -0.25) is 4.98 Å². The van der Waals surface area contributed by atoms with Crippen LogP contribution >= 0.6 is 27.3 Å². The summed E-state index contributed by atoms with van der Waals surface area (Å²) >= 11 is 5.14. The van der Waals surface area contributed by atoms with Crippen LogP contribution in [0.25, 0.3) is 10.2 Å². The van der Waals surface area contributed by atoms with Crippen molar-refractivity contribution < 1.29 is 9.53 Å². The summed E-state index contributed by atoms with van der Waals surface area (Å²) in [4.78, 5) is 18.1. The highest BCUT2D eigenvalue weighted by Crippen LogP contribution is 2.41. The largest absolute Gasteiger partial charge is 0.456 e. The van der Waals surface area contributed by atoms with Gasteiger partial charge in [0.25, 0.3) is 0 Å². The number of hydrogen-bond donors (Lipinski definition) is 0. The standard InChI is InChI=1S/C16H20BrNO2S/c1-15(2,3)13-10(14(19)20-16(4,5)6)11-12(21-13)9(17)7-8-18-11/h7-8H,1-6H3. The van der Waals surface area contributed by atoms with E-state index in [1.54, 1.807) is 17.5 Å². The molecule has 0 bridgehead atoms. The molecule has 2 heterocycles. The maximum atomic E-state index is 12.6. The van der Waals surface area contributed by atoms with Crippen molar-refractivity contribution in [2.45, 2.75) is 52.6 Å². The van der Waals surface area contributed by atoms with E-state index in [9.17, 15) is 4.79 Å². The Balaban J connectivity index is 2.70. The molecule has 0 saturated carbocycles. The van der Waals surface area contributed by atoms with Crippen molar-refractivity contribution in [1.29, 1.82) is 0 Å². The van der Waals surface area contributed by atoms with E-state index >= 15 is 0 Å². The van der Waals surface area contributed by atoms with Crippen LogP contribution in [0.3, 0.4) is 0 Å². The highest BCUT2D eigenvalue weighted by molar-refractivity contribution is 9.10. The summed E-state index contributed by atoms with van der Waals surface area (Å²) < 4.78 is 7.52. The molecular weight excluding hydrogens is 350 g/mol. The highest BCUT2D eigenvalue weighted by Gasteiger charge is 2.31. The smallest absolute Gasteiger partial charge is 0.342 e. The number of halogens is 1. The lowest BCUT2D eigenvalue weighted by Crippen LogP contribution is -2.25. The second-order valence-electron chi connectivity index (χ2n) is 7.03. The number of aromatic nitrogens is 1. The number of ether oxygens (including phenoxy) is 1. The van der Waals surface area contributed by atoms with E-state index in [1.165, 1.54) is 0 Å². The first-order valence-corrected chi connectivity index (χ1v) is 8.42. The van der Waals surface area contributed by atoms with Gasteiger partial charge in [-0.1, -0.05) is 20.8 Å². The molecule has 0 fully saturated rings. The molecule has 0 aliphatic rings. The van der Waals surface area contributed by atoms with Crippen LogP contribution in [-0.2, 0) is 10.2 Å². The fourth-order valence-electron chi connectivity index (χ4n) is 2.01. The first-order valence-electron chi connectivity index (χ1n) is 6.81. The van der Waals surface area contributed by atoms with Crippen LogP contribution in [-0.4, -0.2) is 16.6 Å². The maximum absolute atomic E-state index is 12.6. The molecule has 0 N–H and O–H groups in total. The normalized spacial score (nSPS) is 12.7. The van der Waals surface area contributed by atoms with E-state index in [-0.39, 0.29) is 11.4 Å². The molecule has 0 spiro atoms. The van der Waals surface area contributed by atoms with Crippen LogP contribution in [0.15, 0.2) is 16.7 Å². The van der Waals surface area contributed by atoms with Gasteiger partial charge in [0, 0.05) is 15.5 Å². The summed E-state index contributed by atoms with van der Waals surface area (Å²) in [6.07, 6.45) is 1.71. The number of thiophene rings is 1. The summed E-state index contributed by atoms with van der Waals surface area (Å²) in [6, 6.07) is 1.89. The molecule has 0 aliphatic heterocycles. The van der Waals surface area contributed by atoms with E-state index in [0.29, 0.717) is 11.1 Å². The third-order valence-corrected chi connectivity index (χ3v) is 5.37. The zero-order valence-electron chi connectivity index (χ0n) is 13.2. The molecule has 0 radical (unpaired) electrons. The molecule has 21 heavy (non-hydrogen) atoms. The summed E-state index contributed by atoms with van der Waals surface area (Å²) in [5.41, 5.74) is 0.649. The Morgan fingerprint density at radius 3 is 2.38 bits per heavy atom. The Kier molecular flexibility index (Phi) is 4.19. The Morgan fingerprint density at radius 2 is 1.86 bits per heavy atom. The number of hydrogen-bond acceptors (Lipinski definition) is 4. The van der Waals surface area contributed by atoms with Crippen LogP contribution in [0.4, 0.5) is 0 Å². The van der Waals surface area contributed by atoms with Crippen molar-refractivity contribution in [2.75, 3.05) is 0 Å². The molecule has 0 amide bonds. The summed E-state index contributed by atoms with van der Waals surface area (Å²) in [5.74, 6) is -0.302. The van der Waals surface area contributed by atoms with Crippen LogP contribution in [0.5, 0.6) is 0 Å². The van der Waals surface area contributed by atoms with Crippen molar-refractivity contribution in [2.24, 2.45) is 0 Å². The topological polar surface area (TPSA) is 39.2 Å². The average Bonchev–Trinajstić information content (AvgIpc) is 2.67. The summed E-state index contributed by atoms with van der Waals surface area (Å²) in [5, 5.41) is 0. The second kappa shape index (κ2) is 5.36. The second-order valence-corrected chi connectivity index (χ2v) is 8.90. The Morgan fingerprint density at radius 1 is 1.24 bits per heavy atom. The lowest BCUT2D eigenvalue weighted by atomic mass is 9.91. The van der Waals surface area contributed by atoms with Gasteiger partial charge in [-0.25, -0.2) is 4.79 Å². The quantitative estimate of drug-likeness (QED) is 0.639. The lowest BCUT2D eigenvalue weighted by Gasteiger charge is -2.22. The summed E-state index contributed by atoms with van der Waals surface area (Å²) in [7, 11) is 0. The van der Waals surface area contributed by atoms with Crippen molar-refractivity contribution >= 4 is 43.5 Å². The van der Waals surface area contributed by atoms with Crippen molar-refractivity contribution in [3.05, 3.63) is 27.2 Å². The van der Waals surface area contributed by atoms with E-state index in [2.05, 4.69) is 41.7 Å². The highest BCUT2D eigenvalue weighted by atomic mass is 79.9. The molecule has 0 unspecified atom stereocenters. The number of fused-ring (bicyclic) bond motifs is 1. The molecule has 2 aromatic heterocycles. The minimum atomic E-state index is -0.521. The van der Waals surface area contributed by atoms with E-state index in [4.69, 9.17) is 4.74 Å². The molecule has 5 heteroatoms. The fraction of sp³-hybridized carbons (Fsp3) is 0.500. The molecule has 114 valence electrons. The van der Waals surface area contributed by atoms with Crippen LogP contribution in [0.2, 0.25) is 0 Å². The monoisotopic (exact) mass is 369 g/mol. The number of carbonyl (C=O) groups is 1. The molecule has 0 aliphatic carbocycles. The van der Waals surface area contributed by atoms with Gasteiger partial charge in [-0.2, -0.15) is 0 Å². The third-order valence-electron chi connectivity index (χ3n) is 2.81. The Hall–Kier alpha value is -0.940. The van der Waals surface area contributed by atoms with E-state index < -0.39 is 5.60 Å². The molecule has 2 rings (SSSR count). The van der Waals surface area contributed by atoms with Crippen molar-refractivity contribution in [1.82, 2.24) is 4.98 Å². The Bertz CT molecular complexity index is 693. The molecule has 0 saturated heterocycles. The minimum Gasteiger partial charge on any atom is -0.456 e.